The first-order chi connectivity index (χ1) is 11.6. The number of aromatic nitrogens is 1. The average molecular weight is 341 g/mol. The van der Waals surface area contributed by atoms with Gasteiger partial charge in [-0.05, 0) is 44.4 Å². The second kappa shape index (κ2) is 7.26. The minimum Gasteiger partial charge on any atom is -0.368 e. The number of pyridine rings is 1. The van der Waals surface area contributed by atoms with E-state index in [0.29, 0.717) is 0 Å². The minimum absolute atomic E-state index is 0.140. The second-order valence-electron chi connectivity index (χ2n) is 6.09. The predicted molar refractivity (Wildman–Crippen MR) is 100 cm³/mol. The molecule has 0 bridgehead atoms. The van der Waals surface area contributed by atoms with E-state index in [1.807, 2.05) is 49.3 Å². The highest BCUT2D eigenvalue weighted by molar-refractivity contribution is 7.98. The van der Waals surface area contributed by atoms with Gasteiger partial charge in [0.05, 0.1) is 5.56 Å². The van der Waals surface area contributed by atoms with Crippen LogP contribution in [0, 0.1) is 13.8 Å². The van der Waals surface area contributed by atoms with Crippen LogP contribution in [0.5, 0.6) is 0 Å². The van der Waals surface area contributed by atoms with Crippen molar-refractivity contribution < 1.29 is 4.79 Å². The molecule has 1 aliphatic rings. The molecule has 0 spiro atoms. The number of anilines is 1. The summed E-state index contributed by atoms with van der Waals surface area (Å²) >= 11 is 1.62. The van der Waals surface area contributed by atoms with E-state index in [1.54, 1.807) is 11.8 Å². The van der Waals surface area contributed by atoms with Crippen LogP contribution >= 0.6 is 11.8 Å². The number of piperazine rings is 1. The molecule has 5 heteroatoms. The van der Waals surface area contributed by atoms with Crippen molar-refractivity contribution in [1.29, 1.82) is 0 Å². The first-order valence-corrected chi connectivity index (χ1v) is 9.43. The Morgan fingerprint density at radius 2 is 1.67 bits per heavy atom. The standard InChI is InChI=1S/C19H23N3OS/c1-14-12-16(13-15(2)20-14)21-8-10-22(11-9-21)19(23)17-6-4-5-7-18(17)24-3/h4-7,12-13H,8-11H2,1-3H3. The van der Waals surface area contributed by atoms with Crippen molar-refractivity contribution >= 4 is 23.4 Å². The quantitative estimate of drug-likeness (QED) is 0.802. The Morgan fingerprint density at radius 1 is 1.04 bits per heavy atom. The van der Waals surface area contributed by atoms with E-state index in [1.165, 1.54) is 5.69 Å². The lowest BCUT2D eigenvalue weighted by Gasteiger charge is -2.36. The van der Waals surface area contributed by atoms with Crippen LogP contribution in [0.2, 0.25) is 0 Å². The maximum atomic E-state index is 12.8. The topological polar surface area (TPSA) is 36.4 Å². The van der Waals surface area contributed by atoms with Gasteiger partial charge < -0.3 is 9.80 Å². The molecule has 1 aromatic heterocycles. The molecule has 24 heavy (non-hydrogen) atoms. The number of hydrogen-bond acceptors (Lipinski definition) is 4. The van der Waals surface area contributed by atoms with Crippen molar-refractivity contribution in [1.82, 2.24) is 9.88 Å². The molecule has 1 aliphatic heterocycles. The smallest absolute Gasteiger partial charge is 0.255 e. The molecule has 3 rings (SSSR count). The fraction of sp³-hybridized carbons (Fsp3) is 0.368. The normalized spacial score (nSPS) is 14.8. The number of benzene rings is 1. The summed E-state index contributed by atoms with van der Waals surface area (Å²) < 4.78 is 0. The molecular formula is C19H23N3OS. The molecule has 1 fully saturated rings. The minimum atomic E-state index is 0.140. The number of amides is 1. The van der Waals surface area contributed by atoms with Gasteiger partial charge in [-0.3, -0.25) is 9.78 Å². The third-order valence-electron chi connectivity index (χ3n) is 4.34. The van der Waals surface area contributed by atoms with Crippen LogP contribution in [-0.4, -0.2) is 48.2 Å². The van der Waals surface area contributed by atoms with E-state index in [2.05, 4.69) is 22.0 Å². The number of hydrogen-bond donors (Lipinski definition) is 0. The van der Waals surface area contributed by atoms with Crippen LogP contribution in [0.4, 0.5) is 5.69 Å². The van der Waals surface area contributed by atoms with Crippen molar-refractivity contribution in [3.05, 3.63) is 53.3 Å². The van der Waals surface area contributed by atoms with Crippen molar-refractivity contribution in [3.8, 4) is 0 Å². The molecule has 1 amide bonds. The summed E-state index contributed by atoms with van der Waals surface area (Å²) in [5, 5.41) is 0. The van der Waals surface area contributed by atoms with Crippen LogP contribution in [0.15, 0.2) is 41.3 Å². The maximum Gasteiger partial charge on any atom is 0.255 e. The van der Waals surface area contributed by atoms with Gasteiger partial charge in [0.25, 0.3) is 5.91 Å². The molecule has 0 unspecified atom stereocenters. The van der Waals surface area contributed by atoms with Crippen molar-refractivity contribution in [2.75, 3.05) is 37.3 Å². The number of carbonyl (C=O) groups excluding carboxylic acids is 1. The lowest BCUT2D eigenvalue weighted by Crippen LogP contribution is -2.49. The molecule has 2 aromatic rings. The monoisotopic (exact) mass is 341 g/mol. The highest BCUT2D eigenvalue weighted by Gasteiger charge is 2.23. The zero-order chi connectivity index (χ0) is 17.1. The van der Waals surface area contributed by atoms with Gasteiger partial charge in [0, 0.05) is 48.1 Å². The van der Waals surface area contributed by atoms with Gasteiger partial charge >= 0.3 is 0 Å². The van der Waals surface area contributed by atoms with Gasteiger partial charge in [-0.15, -0.1) is 11.8 Å². The predicted octanol–water partition coefficient (Wildman–Crippen LogP) is 3.38. The van der Waals surface area contributed by atoms with Crippen LogP contribution < -0.4 is 4.90 Å². The summed E-state index contributed by atoms with van der Waals surface area (Å²) in [4.78, 5) is 22.6. The number of nitrogens with zero attached hydrogens (tertiary/aromatic N) is 3. The van der Waals surface area contributed by atoms with Gasteiger partial charge in [-0.1, -0.05) is 12.1 Å². The SMILES string of the molecule is CSc1ccccc1C(=O)N1CCN(c2cc(C)nc(C)c2)CC1. The maximum absolute atomic E-state index is 12.8. The number of rotatable bonds is 3. The third kappa shape index (κ3) is 3.56. The number of carbonyl (C=O) groups is 1. The Bertz CT molecular complexity index is 719. The Morgan fingerprint density at radius 3 is 2.29 bits per heavy atom. The van der Waals surface area contributed by atoms with Crippen LogP contribution in [0.25, 0.3) is 0 Å². The Hall–Kier alpha value is -2.01. The Balaban J connectivity index is 1.69. The average Bonchev–Trinajstić information content (AvgIpc) is 2.60. The Kier molecular flexibility index (Phi) is 5.09. The fourth-order valence-corrected chi connectivity index (χ4v) is 3.74. The number of thioether (sulfide) groups is 1. The molecule has 1 saturated heterocycles. The molecular weight excluding hydrogens is 318 g/mol. The van der Waals surface area contributed by atoms with E-state index in [-0.39, 0.29) is 5.91 Å². The van der Waals surface area contributed by atoms with E-state index in [4.69, 9.17) is 0 Å². The highest BCUT2D eigenvalue weighted by atomic mass is 32.2. The summed E-state index contributed by atoms with van der Waals surface area (Å²) in [7, 11) is 0. The summed E-state index contributed by atoms with van der Waals surface area (Å²) in [6.07, 6.45) is 2.01. The molecule has 4 nitrogen and oxygen atoms in total. The van der Waals surface area contributed by atoms with Gasteiger partial charge in [-0.2, -0.15) is 0 Å². The lowest BCUT2D eigenvalue weighted by atomic mass is 10.1. The molecule has 0 aliphatic carbocycles. The fourth-order valence-electron chi connectivity index (χ4n) is 3.15. The Labute approximate surface area is 147 Å². The molecule has 0 radical (unpaired) electrons. The van der Waals surface area contributed by atoms with Gasteiger partial charge in [0.15, 0.2) is 0 Å². The first-order valence-electron chi connectivity index (χ1n) is 8.21. The van der Waals surface area contributed by atoms with Crippen LogP contribution in [-0.2, 0) is 0 Å². The van der Waals surface area contributed by atoms with E-state index >= 15 is 0 Å². The summed E-state index contributed by atoms with van der Waals surface area (Å²) in [6.45, 7) is 7.27. The molecule has 126 valence electrons. The molecule has 1 aromatic carbocycles. The largest absolute Gasteiger partial charge is 0.368 e. The molecule has 0 N–H and O–H groups in total. The van der Waals surface area contributed by atoms with Crippen LogP contribution in [0.1, 0.15) is 21.7 Å². The highest BCUT2D eigenvalue weighted by Crippen LogP contribution is 2.23. The van der Waals surface area contributed by atoms with Crippen molar-refractivity contribution in [2.45, 2.75) is 18.7 Å². The van der Waals surface area contributed by atoms with Crippen molar-refractivity contribution in [3.63, 3.8) is 0 Å². The van der Waals surface area contributed by atoms with Gasteiger partial charge in [0.1, 0.15) is 0 Å². The summed E-state index contributed by atoms with van der Waals surface area (Å²) in [5.74, 6) is 0.140. The molecule has 2 heterocycles. The third-order valence-corrected chi connectivity index (χ3v) is 5.13. The van der Waals surface area contributed by atoms with Gasteiger partial charge in [-0.25, -0.2) is 0 Å². The summed E-state index contributed by atoms with van der Waals surface area (Å²) in [6, 6.07) is 12.1. The second-order valence-corrected chi connectivity index (χ2v) is 6.94. The number of aryl methyl sites for hydroxylation is 2. The van der Waals surface area contributed by atoms with E-state index < -0.39 is 0 Å². The van der Waals surface area contributed by atoms with Crippen molar-refractivity contribution in [2.24, 2.45) is 0 Å². The lowest BCUT2D eigenvalue weighted by molar-refractivity contribution is 0.0743. The molecule has 0 atom stereocenters. The zero-order valence-corrected chi connectivity index (χ0v) is 15.3. The van der Waals surface area contributed by atoms with Gasteiger partial charge in [0.2, 0.25) is 0 Å². The van der Waals surface area contributed by atoms with E-state index in [0.717, 1.165) is 48.0 Å². The molecule has 0 saturated carbocycles. The zero-order valence-electron chi connectivity index (χ0n) is 14.5. The first kappa shape index (κ1) is 16.8. The summed E-state index contributed by atoms with van der Waals surface area (Å²) in [5.41, 5.74) is 4.10. The van der Waals surface area contributed by atoms with E-state index in [9.17, 15) is 4.79 Å². The van der Waals surface area contributed by atoms with Crippen LogP contribution in [0.3, 0.4) is 0 Å².